The summed E-state index contributed by atoms with van der Waals surface area (Å²) in [6.07, 6.45) is 2.07. The van der Waals surface area contributed by atoms with Crippen LogP contribution < -0.4 is 4.74 Å². The molecule has 0 saturated carbocycles. The van der Waals surface area contributed by atoms with Crippen LogP contribution in [0.3, 0.4) is 0 Å². The molecule has 0 aliphatic rings. The summed E-state index contributed by atoms with van der Waals surface area (Å²) in [6, 6.07) is 34.1. The van der Waals surface area contributed by atoms with E-state index in [-0.39, 0.29) is 11.7 Å². The van der Waals surface area contributed by atoms with Crippen LogP contribution in [-0.4, -0.2) is 17.9 Å². The van der Waals surface area contributed by atoms with Gasteiger partial charge in [-0.2, -0.15) is 0 Å². The molecule has 3 nitrogen and oxygen atoms in total. The third-order valence-corrected chi connectivity index (χ3v) is 6.60. The van der Waals surface area contributed by atoms with Crippen molar-refractivity contribution in [2.24, 2.45) is 0 Å². The maximum Gasteiger partial charge on any atom is 0.171 e. The summed E-state index contributed by atoms with van der Waals surface area (Å²) >= 11 is 0. The molecule has 5 rings (SSSR count). The lowest BCUT2D eigenvalue weighted by molar-refractivity contribution is 0.0952. The van der Waals surface area contributed by atoms with Crippen molar-refractivity contribution in [3.8, 4) is 5.75 Å². The van der Waals surface area contributed by atoms with E-state index in [0.29, 0.717) is 5.56 Å². The lowest BCUT2D eigenvalue weighted by Crippen LogP contribution is -2.22. The first kappa shape index (κ1) is 21.7. The number of ketones is 1. The minimum absolute atomic E-state index is 0.106. The number of aromatic amines is 1. The van der Waals surface area contributed by atoms with E-state index in [1.807, 2.05) is 60.7 Å². The Balaban J connectivity index is 1.76. The molecule has 5 aromatic rings. The zero-order chi connectivity index (χ0) is 23.5. The van der Waals surface area contributed by atoms with Crippen molar-refractivity contribution in [1.29, 1.82) is 0 Å². The summed E-state index contributed by atoms with van der Waals surface area (Å²) in [6.45, 7) is 2.11. The highest BCUT2D eigenvalue weighted by Crippen LogP contribution is 2.43. The molecule has 3 heteroatoms. The number of ether oxygens (including phenoxy) is 1. The first-order valence-corrected chi connectivity index (χ1v) is 11.5. The molecule has 0 aliphatic carbocycles. The van der Waals surface area contributed by atoms with E-state index in [4.69, 9.17) is 4.74 Å². The Bertz CT molecular complexity index is 1400. The van der Waals surface area contributed by atoms with E-state index in [0.717, 1.165) is 33.3 Å². The predicted octanol–water partition coefficient (Wildman–Crippen LogP) is 7.28. The van der Waals surface area contributed by atoms with Crippen molar-refractivity contribution in [2.45, 2.75) is 18.8 Å². The van der Waals surface area contributed by atoms with Gasteiger partial charge in [-0.3, -0.25) is 4.79 Å². The number of Topliss-reactive ketones (excluding diaryl/α,β-unsaturated/α-hetero) is 1. The highest BCUT2D eigenvalue weighted by molar-refractivity contribution is 6.02. The summed E-state index contributed by atoms with van der Waals surface area (Å²) in [5.74, 6) is 0.325. The van der Waals surface area contributed by atoms with Crippen LogP contribution in [0.2, 0.25) is 0 Å². The van der Waals surface area contributed by atoms with Crippen LogP contribution in [0.5, 0.6) is 5.75 Å². The molecule has 0 amide bonds. The number of fused-ring (bicyclic) bond motifs is 1. The number of aryl methyl sites for hydroxylation is 1. The van der Waals surface area contributed by atoms with Gasteiger partial charge >= 0.3 is 0 Å². The van der Waals surface area contributed by atoms with Crippen molar-refractivity contribution in [3.05, 3.63) is 137 Å². The Morgan fingerprint density at radius 2 is 1.44 bits per heavy atom. The number of hydrogen-bond acceptors (Lipinski definition) is 2. The topological polar surface area (TPSA) is 42.1 Å². The van der Waals surface area contributed by atoms with Crippen molar-refractivity contribution < 1.29 is 9.53 Å². The van der Waals surface area contributed by atoms with Gasteiger partial charge in [0.2, 0.25) is 0 Å². The molecule has 2 atom stereocenters. The predicted molar refractivity (Wildman–Crippen MR) is 138 cm³/mol. The molecular weight excluding hydrogens is 418 g/mol. The molecule has 4 aromatic carbocycles. The fourth-order valence-electron chi connectivity index (χ4n) is 4.89. The zero-order valence-corrected chi connectivity index (χ0v) is 19.4. The lowest BCUT2D eigenvalue weighted by atomic mass is 9.73. The fraction of sp³-hybridized carbons (Fsp3) is 0.129. The van der Waals surface area contributed by atoms with E-state index in [9.17, 15) is 4.79 Å². The number of para-hydroxylation sites is 1. The Morgan fingerprint density at radius 1 is 0.765 bits per heavy atom. The molecule has 34 heavy (non-hydrogen) atoms. The number of H-pyrrole nitrogens is 1. The second-order valence-corrected chi connectivity index (χ2v) is 8.61. The molecule has 1 N–H and O–H groups in total. The van der Waals surface area contributed by atoms with Crippen LogP contribution in [0.15, 0.2) is 109 Å². The molecule has 0 spiro atoms. The monoisotopic (exact) mass is 445 g/mol. The van der Waals surface area contributed by atoms with Gasteiger partial charge in [-0.05, 0) is 41.3 Å². The van der Waals surface area contributed by atoms with Crippen molar-refractivity contribution >= 4 is 16.7 Å². The molecule has 1 heterocycles. The number of carbonyl (C=O) groups is 1. The zero-order valence-electron chi connectivity index (χ0n) is 19.4. The Kier molecular flexibility index (Phi) is 6.01. The molecule has 2 unspecified atom stereocenters. The molecule has 1 aromatic heterocycles. The van der Waals surface area contributed by atoms with Crippen LogP contribution in [0.4, 0.5) is 0 Å². The highest BCUT2D eigenvalue weighted by Gasteiger charge is 2.34. The summed E-state index contributed by atoms with van der Waals surface area (Å²) in [7, 11) is 1.67. The van der Waals surface area contributed by atoms with Gasteiger partial charge in [-0.1, -0.05) is 91.0 Å². The molecular formula is C31H27NO2. The molecule has 0 bridgehead atoms. The van der Waals surface area contributed by atoms with Crippen LogP contribution in [0.25, 0.3) is 10.9 Å². The third kappa shape index (κ3) is 4.01. The number of nitrogens with one attached hydrogen (secondary N) is 1. The summed E-state index contributed by atoms with van der Waals surface area (Å²) in [5, 5.41) is 1.14. The van der Waals surface area contributed by atoms with Gasteiger partial charge in [0.05, 0.1) is 13.0 Å². The van der Waals surface area contributed by atoms with Gasteiger partial charge in [0.15, 0.2) is 5.78 Å². The second-order valence-electron chi connectivity index (χ2n) is 8.61. The normalized spacial score (nSPS) is 12.9. The SMILES string of the molecule is COc1ccc(C(c2c[nH]c3c(C)cccc23)C(C(=O)c2ccccc2)c2ccccc2)cc1. The Morgan fingerprint density at radius 3 is 2.12 bits per heavy atom. The highest BCUT2D eigenvalue weighted by atomic mass is 16.5. The van der Waals surface area contributed by atoms with Crippen LogP contribution in [0.1, 0.15) is 44.4 Å². The van der Waals surface area contributed by atoms with E-state index in [1.54, 1.807) is 7.11 Å². The van der Waals surface area contributed by atoms with Gasteiger partial charge in [-0.25, -0.2) is 0 Å². The minimum atomic E-state index is -0.392. The van der Waals surface area contributed by atoms with Gasteiger partial charge in [0, 0.05) is 28.6 Å². The van der Waals surface area contributed by atoms with Gasteiger partial charge in [0.1, 0.15) is 5.75 Å². The number of rotatable bonds is 7. The molecule has 0 saturated heterocycles. The summed E-state index contributed by atoms with van der Waals surface area (Å²) in [5.41, 5.74) is 6.19. The van der Waals surface area contributed by atoms with E-state index in [1.165, 1.54) is 5.56 Å². The Hall–Kier alpha value is -4.11. The Labute approximate surface area is 200 Å². The fourth-order valence-corrected chi connectivity index (χ4v) is 4.89. The van der Waals surface area contributed by atoms with Crippen LogP contribution in [0, 0.1) is 6.92 Å². The average Bonchev–Trinajstić information content (AvgIpc) is 3.33. The standard InChI is InChI=1S/C31H27NO2/c1-21-10-9-15-26-27(20-32-30(21)26)28(23-16-18-25(34-2)19-17-23)29(22-11-5-3-6-12-22)31(33)24-13-7-4-8-14-24/h3-20,28-29,32H,1-2H3. The maximum absolute atomic E-state index is 14.1. The largest absolute Gasteiger partial charge is 0.497 e. The molecule has 0 fully saturated rings. The lowest BCUT2D eigenvalue weighted by Gasteiger charge is -2.28. The van der Waals surface area contributed by atoms with E-state index >= 15 is 0 Å². The quantitative estimate of drug-likeness (QED) is 0.267. The smallest absolute Gasteiger partial charge is 0.171 e. The number of aromatic nitrogens is 1. The molecule has 0 aliphatic heterocycles. The first-order valence-electron chi connectivity index (χ1n) is 11.5. The van der Waals surface area contributed by atoms with Crippen LogP contribution >= 0.6 is 0 Å². The number of benzene rings is 4. The van der Waals surface area contributed by atoms with Crippen molar-refractivity contribution in [3.63, 3.8) is 0 Å². The van der Waals surface area contributed by atoms with E-state index in [2.05, 4.69) is 60.6 Å². The van der Waals surface area contributed by atoms with Gasteiger partial charge < -0.3 is 9.72 Å². The maximum atomic E-state index is 14.1. The third-order valence-electron chi connectivity index (χ3n) is 6.60. The number of methoxy groups -OCH3 is 1. The molecule has 0 radical (unpaired) electrons. The molecule has 168 valence electrons. The summed E-state index contributed by atoms with van der Waals surface area (Å²) < 4.78 is 5.41. The van der Waals surface area contributed by atoms with Gasteiger partial charge in [0.25, 0.3) is 0 Å². The van der Waals surface area contributed by atoms with Gasteiger partial charge in [-0.15, -0.1) is 0 Å². The van der Waals surface area contributed by atoms with Crippen molar-refractivity contribution in [2.75, 3.05) is 7.11 Å². The average molecular weight is 446 g/mol. The first-order chi connectivity index (χ1) is 16.7. The van der Waals surface area contributed by atoms with Crippen LogP contribution in [-0.2, 0) is 0 Å². The second kappa shape index (κ2) is 9.40. The number of hydrogen-bond donors (Lipinski definition) is 1. The summed E-state index contributed by atoms with van der Waals surface area (Å²) in [4.78, 5) is 17.6. The number of carbonyl (C=O) groups excluding carboxylic acids is 1. The van der Waals surface area contributed by atoms with E-state index < -0.39 is 5.92 Å². The minimum Gasteiger partial charge on any atom is -0.497 e. The van der Waals surface area contributed by atoms with Crippen molar-refractivity contribution in [1.82, 2.24) is 4.98 Å².